The van der Waals surface area contributed by atoms with Gasteiger partial charge >= 0.3 is 11.9 Å². The Balaban J connectivity index is 1.21. The van der Waals surface area contributed by atoms with Crippen LogP contribution < -0.4 is 9.47 Å². The van der Waals surface area contributed by atoms with E-state index in [1.807, 2.05) is 25.1 Å². The highest BCUT2D eigenvalue weighted by Gasteiger charge is 2.20. The Morgan fingerprint density at radius 1 is 0.949 bits per heavy atom. The maximum Gasteiger partial charge on any atom is 0.338 e. The molecule has 1 aromatic heterocycles. The van der Waals surface area contributed by atoms with Gasteiger partial charge in [0.15, 0.2) is 0 Å². The Hall–Kier alpha value is -3.89. The monoisotopic (exact) mass is 536 g/mol. The molecule has 4 rings (SSSR count). The molecular formula is C29H36N4O6. The van der Waals surface area contributed by atoms with E-state index in [0.29, 0.717) is 24.4 Å². The van der Waals surface area contributed by atoms with Crippen molar-refractivity contribution in [1.29, 1.82) is 0 Å². The summed E-state index contributed by atoms with van der Waals surface area (Å²) < 4.78 is 16.3. The molecule has 2 heterocycles. The zero-order chi connectivity index (χ0) is 27.9. The number of likely N-dealkylation sites (N-methyl/N-ethyl adjacent to an activating group) is 1. The number of hydrogen-bond acceptors (Lipinski definition) is 8. The number of amides is 1. The molecule has 3 aromatic rings. The van der Waals surface area contributed by atoms with E-state index in [2.05, 4.69) is 14.8 Å². The van der Waals surface area contributed by atoms with Crippen molar-refractivity contribution in [3.63, 3.8) is 0 Å². The molecule has 1 amide bonds. The molecule has 10 heteroatoms. The van der Waals surface area contributed by atoms with Crippen molar-refractivity contribution in [2.24, 2.45) is 0 Å². The molecule has 1 fully saturated rings. The number of fused-ring (bicyclic) bond motifs is 1. The van der Waals surface area contributed by atoms with Crippen LogP contribution in [0.2, 0.25) is 0 Å². The van der Waals surface area contributed by atoms with E-state index in [1.54, 1.807) is 50.4 Å². The molecule has 10 nitrogen and oxygen atoms in total. The Morgan fingerprint density at radius 2 is 1.62 bits per heavy atom. The molecule has 39 heavy (non-hydrogen) atoms. The average molecular weight is 537 g/mol. The number of carbonyl (C=O) groups is 3. The minimum atomic E-state index is -0.425. The lowest BCUT2D eigenvalue weighted by Gasteiger charge is -2.34. The maximum absolute atomic E-state index is 12.7. The minimum absolute atomic E-state index is 0.100. The SMILES string of the molecule is COc1ccc2[nH]c(C)c(CC(=O)Oc3ccc(C(=O)OCCN4CCN(CC(=O)N(C)C)CC4)cc3)c2c1. The third-order valence-corrected chi connectivity index (χ3v) is 6.93. The fourth-order valence-corrected chi connectivity index (χ4v) is 4.54. The zero-order valence-corrected chi connectivity index (χ0v) is 23.0. The summed E-state index contributed by atoms with van der Waals surface area (Å²) in [6.07, 6.45) is 0.100. The van der Waals surface area contributed by atoms with Crippen LogP contribution in [0, 0.1) is 6.92 Å². The molecule has 0 aliphatic carbocycles. The number of nitrogens with zero attached hydrogens (tertiary/aromatic N) is 3. The smallest absolute Gasteiger partial charge is 0.338 e. The van der Waals surface area contributed by atoms with E-state index in [0.717, 1.165) is 54.1 Å². The molecule has 0 atom stereocenters. The predicted molar refractivity (Wildman–Crippen MR) is 147 cm³/mol. The zero-order valence-electron chi connectivity index (χ0n) is 23.0. The minimum Gasteiger partial charge on any atom is -0.497 e. The largest absolute Gasteiger partial charge is 0.497 e. The molecule has 1 N–H and O–H groups in total. The fraction of sp³-hybridized carbons (Fsp3) is 0.414. The number of piperazine rings is 1. The Bertz CT molecular complexity index is 1310. The first kappa shape index (κ1) is 28.1. The van der Waals surface area contributed by atoms with E-state index in [9.17, 15) is 14.4 Å². The number of H-pyrrole nitrogens is 1. The molecule has 208 valence electrons. The molecule has 0 radical (unpaired) electrons. The normalized spacial score (nSPS) is 14.3. The summed E-state index contributed by atoms with van der Waals surface area (Å²) in [6, 6.07) is 12.1. The van der Waals surface area contributed by atoms with Gasteiger partial charge in [-0.15, -0.1) is 0 Å². The van der Waals surface area contributed by atoms with E-state index in [-0.39, 0.29) is 18.9 Å². The fourth-order valence-electron chi connectivity index (χ4n) is 4.54. The first-order valence-corrected chi connectivity index (χ1v) is 13.0. The summed E-state index contributed by atoms with van der Waals surface area (Å²) in [6.45, 7) is 6.53. The summed E-state index contributed by atoms with van der Waals surface area (Å²) in [7, 11) is 5.13. The second-order valence-corrected chi connectivity index (χ2v) is 9.86. The van der Waals surface area contributed by atoms with Crippen LogP contribution >= 0.6 is 0 Å². The highest BCUT2D eigenvalue weighted by Crippen LogP contribution is 2.27. The quantitative estimate of drug-likeness (QED) is 0.311. The summed E-state index contributed by atoms with van der Waals surface area (Å²) in [5, 5.41) is 0.920. The van der Waals surface area contributed by atoms with Crippen LogP contribution in [0.3, 0.4) is 0 Å². The number of aromatic amines is 1. The maximum atomic E-state index is 12.7. The second-order valence-electron chi connectivity index (χ2n) is 9.86. The molecule has 0 unspecified atom stereocenters. The van der Waals surface area contributed by atoms with E-state index < -0.39 is 11.9 Å². The molecule has 2 aromatic carbocycles. The number of aryl methyl sites for hydroxylation is 1. The van der Waals surface area contributed by atoms with Gasteiger partial charge in [-0.3, -0.25) is 19.4 Å². The predicted octanol–water partition coefficient (Wildman–Crippen LogP) is 2.50. The van der Waals surface area contributed by atoms with Crippen molar-refractivity contribution in [2.45, 2.75) is 13.3 Å². The van der Waals surface area contributed by atoms with Crippen molar-refractivity contribution in [2.75, 3.05) is 67.1 Å². The number of esters is 2. The van der Waals surface area contributed by atoms with Crippen molar-refractivity contribution in [1.82, 2.24) is 19.7 Å². The number of nitrogens with one attached hydrogen (secondary N) is 1. The Labute approximate surface area is 228 Å². The van der Waals surface area contributed by atoms with Crippen LogP contribution in [-0.4, -0.2) is 105 Å². The molecule has 0 spiro atoms. The Kier molecular flexibility index (Phi) is 9.21. The second kappa shape index (κ2) is 12.8. The highest BCUT2D eigenvalue weighted by molar-refractivity contribution is 5.91. The number of benzene rings is 2. The summed E-state index contributed by atoms with van der Waals surface area (Å²) in [5.74, 6) is 0.352. The standard InChI is InChI=1S/C29H36N4O6/c1-20-24(25-17-23(37-4)9-10-26(25)30-20)18-28(35)39-22-7-5-21(6-8-22)29(36)38-16-15-32-11-13-33(14-12-32)19-27(34)31(2)3/h5-10,17,30H,11-16,18-19H2,1-4H3. The van der Waals surface area contributed by atoms with Crippen molar-refractivity contribution >= 4 is 28.7 Å². The number of methoxy groups -OCH3 is 1. The number of ether oxygens (including phenoxy) is 3. The number of hydrogen-bond donors (Lipinski definition) is 1. The molecular weight excluding hydrogens is 500 g/mol. The van der Waals surface area contributed by atoms with Crippen LogP contribution in [0.15, 0.2) is 42.5 Å². The topological polar surface area (TPSA) is 104 Å². The van der Waals surface area contributed by atoms with Crippen molar-refractivity contribution in [3.8, 4) is 11.5 Å². The van der Waals surface area contributed by atoms with Crippen LogP contribution in [-0.2, 0) is 20.7 Å². The van der Waals surface area contributed by atoms with Crippen LogP contribution in [0.25, 0.3) is 10.9 Å². The van der Waals surface area contributed by atoms with Gasteiger partial charge < -0.3 is 24.1 Å². The van der Waals surface area contributed by atoms with E-state index in [1.165, 1.54) is 0 Å². The van der Waals surface area contributed by atoms with E-state index in [4.69, 9.17) is 14.2 Å². The van der Waals surface area contributed by atoms with E-state index >= 15 is 0 Å². The van der Waals surface area contributed by atoms with Crippen LogP contribution in [0.5, 0.6) is 11.5 Å². The lowest BCUT2D eigenvalue weighted by molar-refractivity contribution is -0.133. The lowest BCUT2D eigenvalue weighted by atomic mass is 10.1. The van der Waals surface area contributed by atoms with Gasteiger partial charge in [0, 0.05) is 63.4 Å². The van der Waals surface area contributed by atoms with Gasteiger partial charge in [0.25, 0.3) is 0 Å². The first-order valence-electron chi connectivity index (χ1n) is 13.0. The molecule has 0 bridgehead atoms. The molecule has 0 saturated carbocycles. The summed E-state index contributed by atoms with van der Waals surface area (Å²) in [4.78, 5) is 46.2. The lowest BCUT2D eigenvalue weighted by Crippen LogP contribution is -2.49. The van der Waals surface area contributed by atoms with Gasteiger partial charge in [-0.2, -0.15) is 0 Å². The van der Waals surface area contributed by atoms with Gasteiger partial charge in [-0.1, -0.05) is 0 Å². The third kappa shape index (κ3) is 7.36. The summed E-state index contributed by atoms with van der Waals surface area (Å²) in [5.41, 5.74) is 3.08. The van der Waals surface area contributed by atoms with Gasteiger partial charge in [0.1, 0.15) is 18.1 Å². The third-order valence-electron chi connectivity index (χ3n) is 6.93. The van der Waals surface area contributed by atoms with Crippen LogP contribution in [0.4, 0.5) is 0 Å². The van der Waals surface area contributed by atoms with Crippen molar-refractivity contribution in [3.05, 3.63) is 59.3 Å². The molecule has 1 aliphatic rings. The van der Waals surface area contributed by atoms with Gasteiger partial charge in [0.2, 0.25) is 5.91 Å². The highest BCUT2D eigenvalue weighted by atomic mass is 16.5. The first-order chi connectivity index (χ1) is 18.7. The van der Waals surface area contributed by atoms with Gasteiger partial charge in [-0.25, -0.2) is 4.79 Å². The number of carbonyl (C=O) groups excluding carboxylic acids is 3. The van der Waals surface area contributed by atoms with Gasteiger partial charge in [0.05, 0.1) is 25.6 Å². The van der Waals surface area contributed by atoms with Crippen molar-refractivity contribution < 1.29 is 28.6 Å². The average Bonchev–Trinajstić information content (AvgIpc) is 3.23. The molecule has 1 saturated heterocycles. The number of rotatable bonds is 10. The Morgan fingerprint density at radius 3 is 2.28 bits per heavy atom. The molecule has 1 aliphatic heterocycles. The van der Waals surface area contributed by atoms with Gasteiger partial charge in [-0.05, 0) is 55.0 Å². The summed E-state index contributed by atoms with van der Waals surface area (Å²) >= 11 is 0. The number of aromatic nitrogens is 1. The van der Waals surface area contributed by atoms with Crippen LogP contribution in [0.1, 0.15) is 21.6 Å².